The molecule has 0 aliphatic heterocycles. The first-order valence-electron chi connectivity index (χ1n) is 5.56. The molecule has 1 aromatic heterocycles. The standard InChI is InChI=1S/C12H14IN3/c1-12(2)6-9(7-12)16-11-5-8(13)3-4-10(11)14-15-16/h3-5,9H,6-7H2,1-2H3. The van der Waals surface area contributed by atoms with E-state index >= 15 is 0 Å². The number of hydrogen-bond donors (Lipinski definition) is 0. The lowest BCUT2D eigenvalue weighted by atomic mass is 9.68. The van der Waals surface area contributed by atoms with E-state index in [2.05, 4.69) is 63.6 Å². The Bertz CT molecular complexity index is 536. The van der Waals surface area contributed by atoms with Crippen molar-refractivity contribution in [1.29, 1.82) is 0 Å². The third-order valence-corrected chi connectivity index (χ3v) is 4.03. The normalized spacial score (nSPS) is 19.9. The van der Waals surface area contributed by atoms with Gasteiger partial charge in [0.05, 0.1) is 11.6 Å². The number of nitrogens with zero attached hydrogens (tertiary/aromatic N) is 3. The highest BCUT2D eigenvalue weighted by Crippen LogP contribution is 2.48. The van der Waals surface area contributed by atoms with Crippen molar-refractivity contribution in [3.05, 3.63) is 21.8 Å². The van der Waals surface area contributed by atoms with Crippen LogP contribution in [0.1, 0.15) is 32.7 Å². The fourth-order valence-corrected chi connectivity index (χ4v) is 3.04. The van der Waals surface area contributed by atoms with Gasteiger partial charge < -0.3 is 0 Å². The molecular formula is C12H14IN3. The fourth-order valence-electron chi connectivity index (χ4n) is 2.57. The third-order valence-electron chi connectivity index (χ3n) is 3.36. The number of fused-ring (bicyclic) bond motifs is 1. The van der Waals surface area contributed by atoms with Crippen molar-refractivity contribution in [2.24, 2.45) is 5.41 Å². The Morgan fingerprint density at radius 2 is 2.12 bits per heavy atom. The maximum atomic E-state index is 4.29. The number of halogens is 1. The first-order chi connectivity index (χ1) is 7.55. The minimum atomic E-state index is 0.477. The zero-order chi connectivity index (χ0) is 11.3. The molecule has 3 nitrogen and oxygen atoms in total. The van der Waals surface area contributed by atoms with Crippen molar-refractivity contribution in [3.63, 3.8) is 0 Å². The van der Waals surface area contributed by atoms with Crippen LogP contribution in [-0.2, 0) is 0 Å². The Balaban J connectivity index is 2.02. The van der Waals surface area contributed by atoms with Crippen molar-refractivity contribution < 1.29 is 0 Å². The minimum Gasteiger partial charge on any atom is -0.242 e. The van der Waals surface area contributed by atoms with Gasteiger partial charge in [0.2, 0.25) is 0 Å². The average Bonchev–Trinajstić information content (AvgIpc) is 2.56. The van der Waals surface area contributed by atoms with Crippen LogP contribution in [0.3, 0.4) is 0 Å². The zero-order valence-corrected chi connectivity index (χ0v) is 11.6. The van der Waals surface area contributed by atoms with E-state index in [0.717, 1.165) is 5.52 Å². The molecule has 1 saturated carbocycles. The maximum absolute atomic E-state index is 4.29. The molecule has 1 aliphatic carbocycles. The number of rotatable bonds is 1. The SMILES string of the molecule is CC1(C)CC(n2nnc3ccc(I)cc32)C1. The van der Waals surface area contributed by atoms with Crippen LogP contribution in [0.5, 0.6) is 0 Å². The first-order valence-corrected chi connectivity index (χ1v) is 6.63. The Morgan fingerprint density at radius 3 is 2.81 bits per heavy atom. The summed E-state index contributed by atoms with van der Waals surface area (Å²) < 4.78 is 3.34. The van der Waals surface area contributed by atoms with Crippen molar-refractivity contribution in [1.82, 2.24) is 15.0 Å². The van der Waals surface area contributed by atoms with Gasteiger partial charge in [0.1, 0.15) is 5.52 Å². The van der Waals surface area contributed by atoms with Gasteiger partial charge in [-0.1, -0.05) is 19.1 Å². The van der Waals surface area contributed by atoms with Crippen LogP contribution in [0.2, 0.25) is 0 Å². The average molecular weight is 327 g/mol. The van der Waals surface area contributed by atoms with E-state index in [0.29, 0.717) is 11.5 Å². The van der Waals surface area contributed by atoms with Gasteiger partial charge in [-0.15, -0.1) is 5.10 Å². The molecular weight excluding hydrogens is 313 g/mol. The van der Waals surface area contributed by atoms with Crippen LogP contribution >= 0.6 is 22.6 Å². The highest BCUT2D eigenvalue weighted by Gasteiger charge is 2.38. The summed E-state index contributed by atoms with van der Waals surface area (Å²) in [5, 5.41) is 8.51. The second-order valence-electron chi connectivity index (χ2n) is 5.39. The monoisotopic (exact) mass is 327 g/mol. The summed E-state index contributed by atoms with van der Waals surface area (Å²) in [5.41, 5.74) is 2.66. The molecule has 2 aromatic rings. The van der Waals surface area contributed by atoms with E-state index in [4.69, 9.17) is 0 Å². The number of hydrogen-bond acceptors (Lipinski definition) is 2. The molecule has 4 heteroatoms. The molecule has 1 aromatic carbocycles. The summed E-state index contributed by atoms with van der Waals surface area (Å²) in [5.74, 6) is 0. The summed E-state index contributed by atoms with van der Waals surface area (Å²) in [6, 6.07) is 6.83. The van der Waals surface area contributed by atoms with Crippen LogP contribution in [0.25, 0.3) is 11.0 Å². The molecule has 0 N–H and O–H groups in total. The van der Waals surface area contributed by atoms with Crippen LogP contribution in [-0.4, -0.2) is 15.0 Å². The molecule has 0 atom stereocenters. The second kappa shape index (κ2) is 3.42. The summed E-state index contributed by atoms with van der Waals surface area (Å²) in [6.45, 7) is 4.62. The lowest BCUT2D eigenvalue weighted by molar-refractivity contribution is 0.0966. The van der Waals surface area contributed by atoms with Crippen molar-refractivity contribution in [2.75, 3.05) is 0 Å². The maximum Gasteiger partial charge on any atom is 0.113 e. The van der Waals surface area contributed by atoms with E-state index in [-0.39, 0.29) is 0 Å². The second-order valence-corrected chi connectivity index (χ2v) is 6.64. The number of aromatic nitrogens is 3. The quantitative estimate of drug-likeness (QED) is 0.752. The Kier molecular flexibility index (Phi) is 2.24. The summed E-state index contributed by atoms with van der Waals surface area (Å²) in [7, 11) is 0. The minimum absolute atomic E-state index is 0.477. The van der Waals surface area contributed by atoms with Gasteiger partial charge in [0.25, 0.3) is 0 Å². The molecule has 1 heterocycles. The molecule has 0 spiro atoms. The highest BCUT2D eigenvalue weighted by atomic mass is 127. The van der Waals surface area contributed by atoms with Crippen LogP contribution in [0.15, 0.2) is 18.2 Å². The molecule has 3 rings (SSSR count). The Hall–Kier alpha value is -0.650. The number of benzene rings is 1. The van der Waals surface area contributed by atoms with E-state index in [1.54, 1.807) is 0 Å². The lowest BCUT2D eigenvalue weighted by Gasteiger charge is -2.42. The van der Waals surface area contributed by atoms with Gasteiger partial charge in [-0.2, -0.15) is 0 Å². The fraction of sp³-hybridized carbons (Fsp3) is 0.500. The van der Waals surface area contributed by atoms with E-state index < -0.39 is 0 Å². The Labute approximate surface area is 108 Å². The van der Waals surface area contributed by atoms with Gasteiger partial charge in [0, 0.05) is 3.57 Å². The predicted molar refractivity (Wildman–Crippen MR) is 72.3 cm³/mol. The van der Waals surface area contributed by atoms with E-state index in [9.17, 15) is 0 Å². The highest BCUT2D eigenvalue weighted by molar-refractivity contribution is 14.1. The summed E-state index contributed by atoms with van der Waals surface area (Å²) >= 11 is 2.33. The Morgan fingerprint density at radius 1 is 1.38 bits per heavy atom. The van der Waals surface area contributed by atoms with Crippen LogP contribution in [0.4, 0.5) is 0 Å². The van der Waals surface area contributed by atoms with Crippen LogP contribution < -0.4 is 0 Å². The van der Waals surface area contributed by atoms with Gasteiger partial charge in [-0.05, 0) is 59.0 Å². The summed E-state index contributed by atoms with van der Waals surface area (Å²) in [4.78, 5) is 0. The van der Waals surface area contributed by atoms with Crippen molar-refractivity contribution in [3.8, 4) is 0 Å². The largest absolute Gasteiger partial charge is 0.242 e. The topological polar surface area (TPSA) is 30.7 Å². The van der Waals surface area contributed by atoms with Crippen LogP contribution in [0, 0.1) is 8.99 Å². The molecule has 0 unspecified atom stereocenters. The van der Waals surface area contributed by atoms with Gasteiger partial charge in [0.15, 0.2) is 0 Å². The summed E-state index contributed by atoms with van der Waals surface area (Å²) in [6.07, 6.45) is 2.41. The van der Waals surface area contributed by atoms with E-state index in [1.807, 2.05) is 6.07 Å². The van der Waals surface area contributed by atoms with Gasteiger partial charge in [-0.3, -0.25) is 0 Å². The molecule has 16 heavy (non-hydrogen) atoms. The van der Waals surface area contributed by atoms with Gasteiger partial charge >= 0.3 is 0 Å². The molecule has 84 valence electrons. The molecule has 1 aliphatic rings. The molecule has 0 amide bonds. The molecule has 1 fully saturated rings. The first kappa shape index (κ1) is 10.5. The van der Waals surface area contributed by atoms with Crippen molar-refractivity contribution in [2.45, 2.75) is 32.7 Å². The van der Waals surface area contributed by atoms with E-state index in [1.165, 1.54) is 21.9 Å². The lowest BCUT2D eigenvalue weighted by Crippen LogP contribution is -2.34. The zero-order valence-electron chi connectivity index (χ0n) is 9.44. The molecule has 0 bridgehead atoms. The molecule has 0 saturated heterocycles. The third kappa shape index (κ3) is 1.63. The predicted octanol–water partition coefficient (Wildman–Crippen LogP) is 3.40. The van der Waals surface area contributed by atoms with Crippen molar-refractivity contribution >= 4 is 33.6 Å². The van der Waals surface area contributed by atoms with Gasteiger partial charge in [-0.25, -0.2) is 4.68 Å². The molecule has 0 radical (unpaired) electrons. The smallest absolute Gasteiger partial charge is 0.113 e.